The monoisotopic (exact) mass is 277 g/mol. The van der Waals surface area contributed by atoms with Gasteiger partial charge in [0.05, 0.1) is 11.9 Å². The van der Waals surface area contributed by atoms with Gasteiger partial charge in [0.25, 0.3) is 5.56 Å². The smallest absolute Gasteiger partial charge is 0.259 e. The number of allylic oxidation sites excluding steroid dienone is 1. The summed E-state index contributed by atoms with van der Waals surface area (Å²) in [7, 11) is 0. The summed E-state index contributed by atoms with van der Waals surface area (Å²) < 4.78 is 0. The molecule has 19 heavy (non-hydrogen) atoms. The molecule has 2 heterocycles. The van der Waals surface area contributed by atoms with E-state index in [-0.39, 0.29) is 5.56 Å². The van der Waals surface area contributed by atoms with E-state index in [1.165, 1.54) is 0 Å². The molecule has 0 aliphatic carbocycles. The number of H-pyrrole nitrogens is 1. The molecule has 0 saturated heterocycles. The van der Waals surface area contributed by atoms with Crippen LogP contribution in [0.2, 0.25) is 0 Å². The Morgan fingerprint density at radius 2 is 2.21 bits per heavy atom. The summed E-state index contributed by atoms with van der Waals surface area (Å²) in [6, 6.07) is 0. The number of aromatic nitrogens is 2. The molecule has 0 fully saturated rings. The molecular formula is C14H19N3OS. The van der Waals surface area contributed by atoms with Gasteiger partial charge in [-0.2, -0.15) is 0 Å². The van der Waals surface area contributed by atoms with Crippen molar-refractivity contribution in [2.45, 2.75) is 33.7 Å². The summed E-state index contributed by atoms with van der Waals surface area (Å²) in [5.41, 5.74) is 1.01. The largest absolute Gasteiger partial charge is 0.310 e. The SMILES string of the molecule is C/C=C/CCNCc1nc2sc(C)c(C)c2c(=O)[nH]1. The lowest BCUT2D eigenvalue weighted by Crippen LogP contribution is -2.19. The van der Waals surface area contributed by atoms with Crippen LogP contribution in [0, 0.1) is 13.8 Å². The van der Waals surface area contributed by atoms with E-state index >= 15 is 0 Å². The molecule has 2 aromatic heterocycles. The zero-order chi connectivity index (χ0) is 13.8. The summed E-state index contributed by atoms with van der Waals surface area (Å²) in [5.74, 6) is 0.708. The highest BCUT2D eigenvalue weighted by Crippen LogP contribution is 2.25. The molecule has 0 aliphatic heterocycles. The van der Waals surface area contributed by atoms with Crippen LogP contribution in [0.4, 0.5) is 0 Å². The van der Waals surface area contributed by atoms with Crippen molar-refractivity contribution in [1.82, 2.24) is 15.3 Å². The fraction of sp³-hybridized carbons (Fsp3) is 0.429. The van der Waals surface area contributed by atoms with Gasteiger partial charge in [-0.25, -0.2) is 4.98 Å². The van der Waals surface area contributed by atoms with Crippen molar-refractivity contribution < 1.29 is 0 Å². The van der Waals surface area contributed by atoms with Crippen LogP contribution in [0.1, 0.15) is 29.6 Å². The first kappa shape index (κ1) is 14.0. The minimum atomic E-state index is -0.0305. The van der Waals surface area contributed by atoms with E-state index in [9.17, 15) is 4.79 Å². The van der Waals surface area contributed by atoms with Crippen LogP contribution in [0.5, 0.6) is 0 Å². The second-order valence-electron chi connectivity index (χ2n) is 4.51. The number of aryl methyl sites for hydroxylation is 2. The summed E-state index contributed by atoms with van der Waals surface area (Å²) >= 11 is 1.58. The van der Waals surface area contributed by atoms with Gasteiger partial charge in [-0.05, 0) is 39.3 Å². The Hall–Kier alpha value is -1.46. The highest BCUT2D eigenvalue weighted by Gasteiger charge is 2.11. The summed E-state index contributed by atoms with van der Waals surface area (Å²) in [6.07, 6.45) is 5.13. The summed E-state index contributed by atoms with van der Waals surface area (Å²) in [4.78, 5) is 21.4. The van der Waals surface area contributed by atoms with E-state index in [1.807, 2.05) is 26.8 Å². The van der Waals surface area contributed by atoms with E-state index in [0.717, 1.165) is 33.6 Å². The van der Waals surface area contributed by atoms with Crippen molar-refractivity contribution in [2.24, 2.45) is 0 Å². The predicted molar refractivity (Wildman–Crippen MR) is 80.9 cm³/mol. The molecule has 2 aromatic rings. The highest BCUT2D eigenvalue weighted by molar-refractivity contribution is 7.18. The molecule has 0 atom stereocenters. The fourth-order valence-corrected chi connectivity index (χ4v) is 2.99. The molecule has 0 aliphatic rings. The standard InChI is InChI=1S/C14H19N3OS/c1-4-5-6-7-15-8-11-16-13(18)12-9(2)10(3)19-14(12)17-11/h4-5,15H,6-8H2,1-3H3,(H,16,17,18)/b5-4+. The average molecular weight is 277 g/mol. The molecule has 4 nitrogen and oxygen atoms in total. The van der Waals surface area contributed by atoms with Crippen LogP contribution in [0.3, 0.4) is 0 Å². The first-order valence-corrected chi connectivity index (χ1v) is 7.26. The van der Waals surface area contributed by atoms with Crippen LogP contribution >= 0.6 is 11.3 Å². The van der Waals surface area contributed by atoms with Crippen molar-refractivity contribution in [1.29, 1.82) is 0 Å². The van der Waals surface area contributed by atoms with Crippen molar-refractivity contribution in [2.75, 3.05) is 6.54 Å². The molecule has 0 radical (unpaired) electrons. The van der Waals surface area contributed by atoms with Gasteiger partial charge in [-0.1, -0.05) is 12.2 Å². The van der Waals surface area contributed by atoms with Crippen LogP contribution in [0.25, 0.3) is 10.2 Å². The molecule has 0 aromatic carbocycles. The Morgan fingerprint density at radius 3 is 2.95 bits per heavy atom. The van der Waals surface area contributed by atoms with Gasteiger partial charge in [0, 0.05) is 4.88 Å². The number of thiophene rings is 1. The number of rotatable bonds is 5. The zero-order valence-electron chi connectivity index (χ0n) is 11.5. The minimum Gasteiger partial charge on any atom is -0.310 e. The Bertz CT molecular complexity index is 654. The van der Waals surface area contributed by atoms with Gasteiger partial charge in [-0.3, -0.25) is 4.79 Å². The molecular weight excluding hydrogens is 258 g/mol. The van der Waals surface area contributed by atoms with Gasteiger partial charge in [0.15, 0.2) is 0 Å². The van der Waals surface area contributed by atoms with Crippen molar-refractivity contribution in [3.8, 4) is 0 Å². The average Bonchev–Trinajstić information content (AvgIpc) is 2.65. The Labute approximate surface area is 116 Å². The van der Waals surface area contributed by atoms with Gasteiger partial charge < -0.3 is 10.3 Å². The number of aromatic amines is 1. The van der Waals surface area contributed by atoms with Gasteiger partial charge in [0.1, 0.15) is 10.7 Å². The van der Waals surface area contributed by atoms with Crippen LogP contribution in [-0.2, 0) is 6.54 Å². The third-order valence-corrected chi connectivity index (χ3v) is 4.21. The van der Waals surface area contributed by atoms with E-state index in [1.54, 1.807) is 11.3 Å². The van der Waals surface area contributed by atoms with E-state index in [4.69, 9.17) is 0 Å². The lowest BCUT2D eigenvalue weighted by molar-refractivity contribution is 0.667. The normalized spacial score (nSPS) is 11.7. The predicted octanol–water partition coefficient (Wildman–Crippen LogP) is 2.66. The molecule has 0 amide bonds. The number of nitrogens with one attached hydrogen (secondary N) is 2. The maximum Gasteiger partial charge on any atom is 0.259 e. The first-order chi connectivity index (χ1) is 9.13. The molecule has 2 N–H and O–H groups in total. The zero-order valence-corrected chi connectivity index (χ0v) is 12.4. The van der Waals surface area contributed by atoms with E-state index in [0.29, 0.717) is 12.4 Å². The quantitative estimate of drug-likeness (QED) is 0.652. The van der Waals surface area contributed by atoms with Gasteiger partial charge >= 0.3 is 0 Å². The lowest BCUT2D eigenvalue weighted by Gasteiger charge is -2.02. The van der Waals surface area contributed by atoms with Gasteiger partial charge in [0.2, 0.25) is 0 Å². The molecule has 5 heteroatoms. The molecule has 0 spiro atoms. The number of hydrogen-bond donors (Lipinski definition) is 2. The third kappa shape index (κ3) is 3.11. The Balaban J connectivity index is 2.15. The number of fused-ring (bicyclic) bond motifs is 1. The van der Waals surface area contributed by atoms with Crippen molar-refractivity contribution in [3.05, 3.63) is 38.8 Å². The molecule has 102 valence electrons. The van der Waals surface area contributed by atoms with E-state index in [2.05, 4.69) is 21.4 Å². The fourth-order valence-electron chi connectivity index (χ4n) is 1.94. The van der Waals surface area contributed by atoms with Crippen LogP contribution in [-0.4, -0.2) is 16.5 Å². The second-order valence-corrected chi connectivity index (χ2v) is 5.71. The highest BCUT2D eigenvalue weighted by atomic mass is 32.1. The minimum absolute atomic E-state index is 0.0305. The first-order valence-electron chi connectivity index (χ1n) is 6.44. The summed E-state index contributed by atoms with van der Waals surface area (Å²) in [5, 5.41) is 4.01. The molecule has 0 bridgehead atoms. The van der Waals surface area contributed by atoms with Gasteiger partial charge in [-0.15, -0.1) is 11.3 Å². The third-order valence-electron chi connectivity index (χ3n) is 3.10. The van der Waals surface area contributed by atoms with Crippen LogP contribution in [0.15, 0.2) is 16.9 Å². The van der Waals surface area contributed by atoms with E-state index < -0.39 is 0 Å². The maximum atomic E-state index is 12.0. The Morgan fingerprint density at radius 1 is 1.42 bits per heavy atom. The Kier molecular flexibility index (Phi) is 4.50. The topological polar surface area (TPSA) is 57.8 Å². The lowest BCUT2D eigenvalue weighted by atomic mass is 10.2. The number of nitrogens with zero attached hydrogens (tertiary/aromatic N) is 1. The summed E-state index contributed by atoms with van der Waals surface area (Å²) in [6.45, 7) is 7.48. The van der Waals surface area contributed by atoms with Crippen molar-refractivity contribution in [3.63, 3.8) is 0 Å². The van der Waals surface area contributed by atoms with Crippen LogP contribution < -0.4 is 10.9 Å². The maximum absolute atomic E-state index is 12.0. The molecule has 0 saturated carbocycles. The second kappa shape index (κ2) is 6.12. The molecule has 2 rings (SSSR count). The number of hydrogen-bond acceptors (Lipinski definition) is 4. The van der Waals surface area contributed by atoms with Crippen molar-refractivity contribution >= 4 is 21.6 Å². The molecule has 0 unspecified atom stereocenters.